The van der Waals surface area contributed by atoms with Crippen molar-refractivity contribution in [2.75, 3.05) is 11.1 Å². The third-order valence-electron chi connectivity index (χ3n) is 3.39. The Bertz CT molecular complexity index is 954. The van der Waals surface area contributed by atoms with Gasteiger partial charge in [-0.1, -0.05) is 41.5 Å². The van der Waals surface area contributed by atoms with Crippen LogP contribution in [0.1, 0.15) is 6.42 Å². The van der Waals surface area contributed by atoms with Gasteiger partial charge >= 0.3 is 6.01 Å². The van der Waals surface area contributed by atoms with Gasteiger partial charge in [-0.3, -0.25) is 10.1 Å². The van der Waals surface area contributed by atoms with E-state index < -0.39 is 15.7 Å². The van der Waals surface area contributed by atoms with Crippen LogP contribution in [0.15, 0.2) is 70.0 Å². The molecule has 2 aromatic carbocycles. The fourth-order valence-corrected chi connectivity index (χ4v) is 3.39. The molecule has 0 aliphatic carbocycles. The number of nitrogens with zero attached hydrogens (tertiary/aromatic N) is 2. The van der Waals surface area contributed by atoms with Crippen LogP contribution < -0.4 is 5.32 Å². The number of hydrogen-bond acceptors (Lipinski definition) is 6. The van der Waals surface area contributed by atoms with Crippen LogP contribution in [0.4, 0.5) is 6.01 Å². The van der Waals surface area contributed by atoms with E-state index in [-0.39, 0.29) is 29.0 Å². The average Bonchev–Trinajstić information content (AvgIpc) is 3.10. The number of nitrogens with one attached hydrogen (secondary N) is 1. The van der Waals surface area contributed by atoms with Crippen LogP contribution in [-0.4, -0.2) is 30.3 Å². The summed E-state index contributed by atoms with van der Waals surface area (Å²) in [4.78, 5) is 12.1. The molecular weight excluding hydrogens is 342 g/mol. The van der Waals surface area contributed by atoms with Crippen molar-refractivity contribution in [3.63, 3.8) is 0 Å². The number of carbonyl (C=O) groups excluding carboxylic acids is 1. The molecule has 0 aliphatic heterocycles. The second kappa shape index (κ2) is 7.27. The zero-order valence-corrected chi connectivity index (χ0v) is 13.9. The number of aromatic nitrogens is 2. The Labute approximate surface area is 144 Å². The Hall–Kier alpha value is -3.00. The largest absolute Gasteiger partial charge is 0.403 e. The van der Waals surface area contributed by atoms with Crippen LogP contribution in [0, 0.1) is 0 Å². The van der Waals surface area contributed by atoms with Gasteiger partial charge in [0, 0.05) is 12.0 Å². The van der Waals surface area contributed by atoms with Crippen molar-refractivity contribution >= 4 is 21.8 Å². The Kier molecular flexibility index (Phi) is 4.90. The summed E-state index contributed by atoms with van der Waals surface area (Å²) in [5.41, 5.74) is 0.724. The topological polar surface area (TPSA) is 102 Å². The van der Waals surface area contributed by atoms with E-state index in [2.05, 4.69) is 15.5 Å². The molecule has 0 saturated carbocycles. The summed E-state index contributed by atoms with van der Waals surface area (Å²) in [6.07, 6.45) is -0.208. The van der Waals surface area contributed by atoms with E-state index in [0.29, 0.717) is 0 Å². The first kappa shape index (κ1) is 16.8. The van der Waals surface area contributed by atoms with Crippen LogP contribution in [0.25, 0.3) is 11.5 Å². The lowest BCUT2D eigenvalue weighted by Gasteiger charge is -2.03. The van der Waals surface area contributed by atoms with Gasteiger partial charge in [-0.25, -0.2) is 8.42 Å². The fraction of sp³-hybridized carbons (Fsp3) is 0.118. The fourth-order valence-electron chi connectivity index (χ4n) is 2.13. The van der Waals surface area contributed by atoms with Crippen molar-refractivity contribution < 1.29 is 17.6 Å². The average molecular weight is 357 g/mol. The SMILES string of the molecule is O=C(CCS(=O)(=O)c1ccccc1)Nc1nnc(-c2ccccc2)o1. The molecule has 0 atom stereocenters. The molecule has 8 heteroatoms. The summed E-state index contributed by atoms with van der Waals surface area (Å²) in [7, 11) is -3.51. The maximum absolute atomic E-state index is 12.1. The van der Waals surface area contributed by atoms with E-state index in [4.69, 9.17) is 4.42 Å². The maximum atomic E-state index is 12.1. The van der Waals surface area contributed by atoms with Crippen molar-refractivity contribution in [3.05, 3.63) is 60.7 Å². The minimum absolute atomic E-state index is 0.0686. The van der Waals surface area contributed by atoms with E-state index in [1.807, 2.05) is 18.2 Å². The van der Waals surface area contributed by atoms with E-state index in [9.17, 15) is 13.2 Å². The minimum Gasteiger partial charge on any atom is -0.403 e. The Morgan fingerprint density at radius 2 is 1.60 bits per heavy atom. The normalized spacial score (nSPS) is 11.2. The van der Waals surface area contributed by atoms with Crippen LogP contribution in [0.2, 0.25) is 0 Å². The third-order valence-corrected chi connectivity index (χ3v) is 5.12. The van der Waals surface area contributed by atoms with Gasteiger partial charge in [0.1, 0.15) is 0 Å². The summed E-state index contributed by atoms with van der Waals surface area (Å²) < 4.78 is 29.6. The number of rotatable bonds is 6. The predicted molar refractivity (Wildman–Crippen MR) is 91.5 cm³/mol. The van der Waals surface area contributed by atoms with Gasteiger partial charge in [0.15, 0.2) is 9.84 Å². The molecule has 25 heavy (non-hydrogen) atoms. The molecule has 0 spiro atoms. The number of hydrogen-bond donors (Lipinski definition) is 1. The molecule has 0 fully saturated rings. The van der Waals surface area contributed by atoms with Crippen LogP contribution >= 0.6 is 0 Å². The monoisotopic (exact) mass is 357 g/mol. The van der Waals surface area contributed by atoms with Gasteiger partial charge in [0.05, 0.1) is 10.6 Å². The smallest absolute Gasteiger partial charge is 0.322 e. The molecule has 7 nitrogen and oxygen atoms in total. The third kappa shape index (κ3) is 4.30. The molecule has 1 N–H and O–H groups in total. The number of amides is 1. The Balaban J connectivity index is 1.59. The molecule has 1 heterocycles. The van der Waals surface area contributed by atoms with Crippen molar-refractivity contribution in [1.82, 2.24) is 10.2 Å². The number of carbonyl (C=O) groups is 1. The maximum Gasteiger partial charge on any atom is 0.322 e. The van der Waals surface area contributed by atoms with E-state index in [1.165, 1.54) is 12.1 Å². The summed E-state index contributed by atoms with van der Waals surface area (Å²) in [6, 6.07) is 17.0. The molecule has 0 aliphatic rings. The standard InChI is InChI=1S/C17H15N3O4S/c21-15(11-12-25(22,23)14-9-5-2-6-10-14)18-17-20-19-16(24-17)13-7-3-1-4-8-13/h1-10H,11-12H2,(H,18,20,21). The first-order chi connectivity index (χ1) is 12.0. The Morgan fingerprint density at radius 3 is 2.28 bits per heavy atom. The van der Waals surface area contributed by atoms with Gasteiger partial charge in [0.25, 0.3) is 0 Å². The van der Waals surface area contributed by atoms with Gasteiger partial charge in [-0.15, -0.1) is 5.10 Å². The molecule has 128 valence electrons. The molecule has 0 saturated heterocycles. The van der Waals surface area contributed by atoms with Crippen LogP contribution in [-0.2, 0) is 14.6 Å². The highest BCUT2D eigenvalue weighted by molar-refractivity contribution is 7.91. The van der Waals surface area contributed by atoms with Crippen LogP contribution in [0.5, 0.6) is 0 Å². The van der Waals surface area contributed by atoms with Gasteiger partial charge in [0.2, 0.25) is 11.8 Å². The zero-order chi connectivity index (χ0) is 17.7. The molecule has 3 aromatic rings. The number of benzene rings is 2. The van der Waals surface area contributed by atoms with Gasteiger partial charge in [-0.05, 0) is 24.3 Å². The predicted octanol–water partition coefficient (Wildman–Crippen LogP) is 2.54. The lowest BCUT2D eigenvalue weighted by atomic mass is 10.2. The Morgan fingerprint density at radius 1 is 0.960 bits per heavy atom. The van der Waals surface area contributed by atoms with Crippen molar-refractivity contribution in [1.29, 1.82) is 0 Å². The highest BCUT2D eigenvalue weighted by Crippen LogP contribution is 2.19. The summed E-state index contributed by atoms with van der Waals surface area (Å²) in [5.74, 6) is -0.543. The molecule has 0 bridgehead atoms. The number of sulfone groups is 1. The lowest BCUT2D eigenvalue weighted by Crippen LogP contribution is -2.17. The van der Waals surface area contributed by atoms with E-state index >= 15 is 0 Å². The molecule has 0 radical (unpaired) electrons. The summed E-state index contributed by atoms with van der Waals surface area (Å²) in [6.45, 7) is 0. The second-order valence-corrected chi connectivity index (χ2v) is 7.32. The molecule has 1 amide bonds. The summed E-state index contributed by atoms with van der Waals surface area (Å²) in [5, 5.41) is 10.00. The molecular formula is C17H15N3O4S. The number of anilines is 1. The van der Waals surface area contributed by atoms with Gasteiger partial charge < -0.3 is 4.42 Å². The molecule has 1 aromatic heterocycles. The zero-order valence-electron chi connectivity index (χ0n) is 13.1. The lowest BCUT2D eigenvalue weighted by molar-refractivity contribution is -0.115. The molecule has 3 rings (SSSR count). The quantitative estimate of drug-likeness (QED) is 0.727. The first-order valence-electron chi connectivity index (χ1n) is 7.51. The highest BCUT2D eigenvalue weighted by Gasteiger charge is 2.17. The van der Waals surface area contributed by atoms with E-state index in [0.717, 1.165) is 5.56 Å². The van der Waals surface area contributed by atoms with Crippen LogP contribution in [0.3, 0.4) is 0 Å². The highest BCUT2D eigenvalue weighted by atomic mass is 32.2. The molecule has 0 unspecified atom stereocenters. The van der Waals surface area contributed by atoms with Gasteiger partial charge in [-0.2, -0.15) is 0 Å². The van der Waals surface area contributed by atoms with Crippen molar-refractivity contribution in [2.24, 2.45) is 0 Å². The van der Waals surface area contributed by atoms with Crippen molar-refractivity contribution in [2.45, 2.75) is 11.3 Å². The van der Waals surface area contributed by atoms with E-state index in [1.54, 1.807) is 30.3 Å². The minimum atomic E-state index is -3.51. The first-order valence-corrected chi connectivity index (χ1v) is 9.16. The second-order valence-electron chi connectivity index (χ2n) is 5.21. The summed E-state index contributed by atoms with van der Waals surface area (Å²) >= 11 is 0. The van der Waals surface area contributed by atoms with Crippen molar-refractivity contribution in [3.8, 4) is 11.5 Å².